The zero-order chi connectivity index (χ0) is 23.7. The predicted octanol–water partition coefficient (Wildman–Crippen LogP) is 3.25. The Hall–Kier alpha value is -3.78. The Labute approximate surface area is 199 Å². The molecule has 3 heterocycles. The minimum Gasteiger partial charge on any atom is -0.494 e. The summed E-state index contributed by atoms with van der Waals surface area (Å²) < 4.78 is 13.2. The van der Waals surface area contributed by atoms with Crippen LogP contribution in [0, 0.1) is 0 Å². The Morgan fingerprint density at radius 1 is 1.15 bits per heavy atom. The highest BCUT2D eigenvalue weighted by Crippen LogP contribution is 2.29. The predicted molar refractivity (Wildman–Crippen MR) is 133 cm³/mol. The lowest BCUT2D eigenvalue weighted by atomic mass is 10.0. The van der Waals surface area contributed by atoms with Crippen molar-refractivity contribution < 1.29 is 9.47 Å². The molecular weight excluding hydrogens is 450 g/mol. The van der Waals surface area contributed by atoms with Crippen molar-refractivity contribution in [3.63, 3.8) is 0 Å². The number of fused-ring (bicyclic) bond motifs is 2. The molecule has 4 aromatic rings. The van der Waals surface area contributed by atoms with Crippen LogP contribution in [0.15, 0.2) is 63.7 Å². The van der Waals surface area contributed by atoms with Gasteiger partial charge in [-0.3, -0.25) is 9.59 Å². The van der Waals surface area contributed by atoms with E-state index in [1.807, 2.05) is 68.5 Å². The lowest BCUT2D eigenvalue weighted by molar-refractivity contribution is 0.259. The van der Waals surface area contributed by atoms with Crippen molar-refractivity contribution in [2.24, 2.45) is 0 Å². The molecule has 0 radical (unpaired) electrons. The number of aromatic nitrogens is 3. The Morgan fingerprint density at radius 2 is 1.94 bits per heavy atom. The molecule has 1 aliphatic heterocycles. The maximum Gasteiger partial charge on any atom is 0.296 e. The first kappa shape index (κ1) is 22.0. The van der Waals surface area contributed by atoms with E-state index in [2.05, 4.69) is 10.1 Å². The van der Waals surface area contributed by atoms with Crippen LogP contribution in [0.3, 0.4) is 0 Å². The van der Waals surface area contributed by atoms with Crippen molar-refractivity contribution in [3.8, 4) is 11.5 Å². The average molecular weight is 474 g/mol. The molecule has 7 nitrogen and oxygen atoms in total. The third-order valence-electron chi connectivity index (χ3n) is 5.53. The summed E-state index contributed by atoms with van der Waals surface area (Å²) in [5.74, 6) is 1.59. The Bertz CT molecular complexity index is 1550. The first-order valence-electron chi connectivity index (χ1n) is 11.2. The third kappa shape index (κ3) is 4.36. The van der Waals surface area contributed by atoms with Crippen LogP contribution >= 0.6 is 11.3 Å². The number of benzene rings is 2. The van der Waals surface area contributed by atoms with E-state index in [1.54, 1.807) is 6.08 Å². The molecule has 2 aromatic heterocycles. The van der Waals surface area contributed by atoms with Crippen LogP contribution in [0.1, 0.15) is 37.1 Å². The topological polar surface area (TPSA) is 82.8 Å². The second-order valence-corrected chi connectivity index (χ2v) is 9.09. The molecule has 2 aromatic carbocycles. The summed E-state index contributed by atoms with van der Waals surface area (Å²) in [7, 11) is 0. The smallest absolute Gasteiger partial charge is 0.296 e. The van der Waals surface area contributed by atoms with Crippen LogP contribution in [0.5, 0.6) is 11.5 Å². The lowest BCUT2D eigenvalue weighted by Crippen LogP contribution is -2.29. The monoisotopic (exact) mass is 473 g/mol. The number of hydrogen-bond acceptors (Lipinski definition) is 7. The lowest BCUT2D eigenvalue weighted by Gasteiger charge is -2.22. The van der Waals surface area contributed by atoms with Crippen molar-refractivity contribution in [2.45, 2.75) is 32.8 Å². The normalized spacial score (nSPS) is 15.6. The molecule has 0 N–H and O–H groups in total. The molecule has 1 atom stereocenters. The number of rotatable bonds is 6. The van der Waals surface area contributed by atoms with Crippen LogP contribution in [-0.2, 0) is 6.42 Å². The number of ether oxygens (including phenoxy) is 2. The van der Waals surface area contributed by atoms with E-state index in [0.29, 0.717) is 11.1 Å². The molecule has 0 saturated carbocycles. The maximum absolute atomic E-state index is 13.1. The SMILES string of the molecule is CCCOc1ccc(Cc2nn3c(=O)/c(=C/C4=Cc5ccccc5O[C@@H]4C)sc3nc2=O)cc1. The van der Waals surface area contributed by atoms with Gasteiger partial charge < -0.3 is 9.47 Å². The Balaban J connectivity index is 1.48. The fourth-order valence-corrected chi connectivity index (χ4v) is 4.65. The molecule has 0 unspecified atom stereocenters. The van der Waals surface area contributed by atoms with Gasteiger partial charge in [0.15, 0.2) is 0 Å². The molecule has 0 aliphatic carbocycles. The van der Waals surface area contributed by atoms with Gasteiger partial charge in [0.25, 0.3) is 11.1 Å². The summed E-state index contributed by atoms with van der Waals surface area (Å²) in [5, 5.41) is 4.35. The van der Waals surface area contributed by atoms with E-state index in [4.69, 9.17) is 9.47 Å². The van der Waals surface area contributed by atoms with Crippen molar-refractivity contribution in [3.05, 3.63) is 96.2 Å². The summed E-state index contributed by atoms with van der Waals surface area (Å²) in [6.45, 7) is 4.64. The Kier molecular flexibility index (Phi) is 5.98. The highest BCUT2D eigenvalue weighted by atomic mass is 32.1. The molecule has 0 saturated heterocycles. The molecule has 5 rings (SSSR count). The van der Waals surface area contributed by atoms with Gasteiger partial charge in [0.05, 0.1) is 11.1 Å². The van der Waals surface area contributed by atoms with Crippen molar-refractivity contribution >= 4 is 28.4 Å². The van der Waals surface area contributed by atoms with Gasteiger partial charge in [-0.05, 0) is 54.8 Å². The van der Waals surface area contributed by atoms with Crippen LogP contribution in [-0.4, -0.2) is 27.3 Å². The molecule has 0 amide bonds. The van der Waals surface area contributed by atoms with Gasteiger partial charge in [0, 0.05) is 12.0 Å². The van der Waals surface area contributed by atoms with Crippen molar-refractivity contribution in [1.29, 1.82) is 0 Å². The standard InChI is InChI=1S/C26H23N3O4S/c1-3-12-32-20-10-8-17(9-11-20)13-21-24(30)27-26-29(28-21)25(31)23(34-26)15-19-14-18-6-4-5-7-22(18)33-16(19)2/h4-11,14-16H,3,12-13H2,1-2H3/b23-15-/t16-/m1/s1. The molecule has 1 aliphatic rings. The fraction of sp³-hybridized carbons (Fsp3) is 0.231. The summed E-state index contributed by atoms with van der Waals surface area (Å²) in [5.41, 5.74) is 2.21. The second-order valence-electron chi connectivity index (χ2n) is 8.09. The summed E-state index contributed by atoms with van der Waals surface area (Å²) in [6, 6.07) is 15.3. The molecule has 0 spiro atoms. The second kappa shape index (κ2) is 9.23. The van der Waals surface area contributed by atoms with E-state index < -0.39 is 5.56 Å². The molecule has 172 valence electrons. The third-order valence-corrected chi connectivity index (χ3v) is 6.49. The van der Waals surface area contributed by atoms with Gasteiger partial charge in [-0.25, -0.2) is 0 Å². The first-order valence-corrected chi connectivity index (χ1v) is 12.0. The van der Waals surface area contributed by atoms with Crippen LogP contribution < -0.4 is 25.1 Å². The average Bonchev–Trinajstić information content (AvgIpc) is 3.13. The number of para-hydroxylation sites is 1. The van der Waals surface area contributed by atoms with E-state index in [-0.39, 0.29) is 28.7 Å². The van der Waals surface area contributed by atoms with Gasteiger partial charge in [0.1, 0.15) is 23.3 Å². The maximum atomic E-state index is 13.1. The zero-order valence-corrected chi connectivity index (χ0v) is 19.7. The summed E-state index contributed by atoms with van der Waals surface area (Å²) in [4.78, 5) is 30.1. The van der Waals surface area contributed by atoms with Crippen molar-refractivity contribution in [2.75, 3.05) is 6.61 Å². The van der Waals surface area contributed by atoms with Gasteiger partial charge in [0.2, 0.25) is 4.96 Å². The minimum absolute atomic E-state index is 0.208. The first-order chi connectivity index (χ1) is 16.5. The number of hydrogen-bond donors (Lipinski definition) is 0. The molecule has 0 fully saturated rings. The molecule has 0 bridgehead atoms. The largest absolute Gasteiger partial charge is 0.494 e. The van der Waals surface area contributed by atoms with Crippen molar-refractivity contribution in [1.82, 2.24) is 14.6 Å². The highest BCUT2D eigenvalue weighted by molar-refractivity contribution is 7.15. The Morgan fingerprint density at radius 3 is 2.74 bits per heavy atom. The van der Waals surface area contributed by atoms with Crippen LogP contribution in [0.25, 0.3) is 17.1 Å². The quantitative estimate of drug-likeness (QED) is 0.428. The van der Waals surface area contributed by atoms with Crippen LogP contribution in [0.2, 0.25) is 0 Å². The van der Waals surface area contributed by atoms with Gasteiger partial charge in [-0.2, -0.15) is 14.6 Å². The van der Waals surface area contributed by atoms with Gasteiger partial charge >= 0.3 is 0 Å². The van der Waals surface area contributed by atoms with E-state index in [0.717, 1.165) is 46.0 Å². The van der Waals surface area contributed by atoms with Gasteiger partial charge in [-0.15, -0.1) is 0 Å². The van der Waals surface area contributed by atoms with E-state index in [1.165, 1.54) is 4.52 Å². The van der Waals surface area contributed by atoms with Crippen LogP contribution in [0.4, 0.5) is 0 Å². The summed E-state index contributed by atoms with van der Waals surface area (Å²) in [6.07, 6.45) is 4.81. The molecule has 8 heteroatoms. The number of thiazole rings is 1. The fourth-order valence-electron chi connectivity index (χ4n) is 3.74. The molecular formula is C26H23N3O4S. The highest BCUT2D eigenvalue weighted by Gasteiger charge is 2.18. The molecule has 34 heavy (non-hydrogen) atoms. The van der Waals surface area contributed by atoms with E-state index >= 15 is 0 Å². The van der Waals surface area contributed by atoms with E-state index in [9.17, 15) is 9.59 Å². The summed E-state index contributed by atoms with van der Waals surface area (Å²) >= 11 is 1.15. The zero-order valence-electron chi connectivity index (χ0n) is 18.9. The minimum atomic E-state index is -0.429. The number of nitrogens with zero attached hydrogens (tertiary/aromatic N) is 3. The van der Waals surface area contributed by atoms with Gasteiger partial charge in [-0.1, -0.05) is 48.6 Å².